The maximum absolute atomic E-state index is 4.13. The summed E-state index contributed by atoms with van der Waals surface area (Å²) in [6.07, 6.45) is 14.9. The van der Waals surface area contributed by atoms with Gasteiger partial charge in [0.15, 0.2) is 0 Å². The molecule has 3 nitrogen and oxygen atoms in total. The van der Waals surface area contributed by atoms with Gasteiger partial charge in [0.2, 0.25) is 0 Å². The Labute approximate surface area is 106 Å². The molecule has 0 atom stereocenters. The molecule has 0 saturated heterocycles. The zero-order chi connectivity index (χ0) is 12.3. The molecule has 17 heavy (non-hydrogen) atoms. The second-order valence-corrected chi connectivity index (χ2v) is 4.80. The third-order valence-electron chi connectivity index (χ3n) is 3.06. The number of rotatable bonds is 10. The average molecular weight is 237 g/mol. The summed E-state index contributed by atoms with van der Waals surface area (Å²) in [6.45, 7) is 3.34. The van der Waals surface area contributed by atoms with Crippen LogP contribution in [0.25, 0.3) is 0 Å². The normalized spacial score (nSPS) is 10.7. The first-order valence-electron chi connectivity index (χ1n) is 7.05. The Morgan fingerprint density at radius 1 is 1.06 bits per heavy atom. The quantitative estimate of drug-likeness (QED) is 0.624. The monoisotopic (exact) mass is 237 g/mol. The molecule has 0 aliphatic rings. The standard InChI is InChI=1S/C14H27N3/c1-3-4-5-6-7-8-9-10-11-15-14-12-16-17(2)13-14/h12-13,15H,3-11H2,1-2H3. The Morgan fingerprint density at radius 2 is 1.71 bits per heavy atom. The van der Waals surface area contributed by atoms with Gasteiger partial charge in [0.1, 0.15) is 0 Å². The molecule has 0 aliphatic carbocycles. The van der Waals surface area contributed by atoms with Crippen LogP contribution in [0.4, 0.5) is 5.69 Å². The fraction of sp³-hybridized carbons (Fsp3) is 0.786. The van der Waals surface area contributed by atoms with Gasteiger partial charge in [0.25, 0.3) is 0 Å². The van der Waals surface area contributed by atoms with Crippen molar-refractivity contribution < 1.29 is 0 Å². The van der Waals surface area contributed by atoms with Crippen LogP contribution in [0.15, 0.2) is 12.4 Å². The van der Waals surface area contributed by atoms with Crippen LogP contribution in [-0.2, 0) is 7.05 Å². The van der Waals surface area contributed by atoms with Crippen molar-refractivity contribution in [2.45, 2.75) is 58.3 Å². The minimum Gasteiger partial charge on any atom is -0.383 e. The molecular formula is C14H27N3. The Morgan fingerprint density at radius 3 is 2.29 bits per heavy atom. The Kier molecular flexibility index (Phi) is 7.52. The number of hydrogen-bond acceptors (Lipinski definition) is 2. The summed E-state index contributed by atoms with van der Waals surface area (Å²) in [6, 6.07) is 0. The van der Waals surface area contributed by atoms with Crippen molar-refractivity contribution in [1.29, 1.82) is 0 Å². The number of nitrogens with zero attached hydrogens (tertiary/aromatic N) is 2. The molecular weight excluding hydrogens is 210 g/mol. The number of aromatic nitrogens is 2. The maximum atomic E-state index is 4.13. The molecule has 1 rings (SSSR count). The summed E-state index contributed by atoms with van der Waals surface area (Å²) in [4.78, 5) is 0. The van der Waals surface area contributed by atoms with Crippen LogP contribution in [-0.4, -0.2) is 16.3 Å². The van der Waals surface area contributed by atoms with Crippen LogP contribution in [0.3, 0.4) is 0 Å². The Hall–Kier alpha value is -0.990. The van der Waals surface area contributed by atoms with Crippen LogP contribution in [0.5, 0.6) is 0 Å². The van der Waals surface area contributed by atoms with Crippen molar-refractivity contribution in [3.8, 4) is 0 Å². The largest absolute Gasteiger partial charge is 0.383 e. The zero-order valence-corrected chi connectivity index (χ0v) is 11.4. The zero-order valence-electron chi connectivity index (χ0n) is 11.4. The predicted octanol–water partition coefficient (Wildman–Crippen LogP) is 3.97. The third-order valence-corrected chi connectivity index (χ3v) is 3.06. The average Bonchev–Trinajstić information content (AvgIpc) is 2.73. The van der Waals surface area contributed by atoms with E-state index in [1.165, 1.54) is 51.4 Å². The van der Waals surface area contributed by atoms with Gasteiger partial charge in [-0.15, -0.1) is 0 Å². The number of hydrogen-bond donors (Lipinski definition) is 1. The van der Waals surface area contributed by atoms with Crippen molar-refractivity contribution in [3.05, 3.63) is 12.4 Å². The molecule has 98 valence electrons. The van der Waals surface area contributed by atoms with Gasteiger partial charge >= 0.3 is 0 Å². The van der Waals surface area contributed by atoms with Crippen LogP contribution in [0, 0.1) is 0 Å². The van der Waals surface area contributed by atoms with E-state index in [0.29, 0.717) is 0 Å². The molecule has 0 unspecified atom stereocenters. The van der Waals surface area contributed by atoms with Gasteiger partial charge in [-0.05, 0) is 6.42 Å². The number of nitrogens with one attached hydrogen (secondary N) is 1. The van der Waals surface area contributed by atoms with E-state index < -0.39 is 0 Å². The second-order valence-electron chi connectivity index (χ2n) is 4.80. The summed E-state index contributed by atoms with van der Waals surface area (Å²) in [7, 11) is 1.95. The van der Waals surface area contributed by atoms with Gasteiger partial charge in [-0.3, -0.25) is 4.68 Å². The van der Waals surface area contributed by atoms with E-state index in [1.807, 2.05) is 24.1 Å². The molecule has 0 spiro atoms. The summed E-state index contributed by atoms with van der Waals surface area (Å²) in [5.41, 5.74) is 1.13. The van der Waals surface area contributed by atoms with Crippen molar-refractivity contribution >= 4 is 5.69 Å². The Bertz CT molecular complexity index is 281. The minimum atomic E-state index is 1.07. The highest BCUT2D eigenvalue weighted by Crippen LogP contribution is 2.09. The minimum absolute atomic E-state index is 1.07. The van der Waals surface area contributed by atoms with E-state index in [9.17, 15) is 0 Å². The molecule has 0 saturated carbocycles. The van der Waals surface area contributed by atoms with E-state index >= 15 is 0 Å². The molecule has 1 aromatic heterocycles. The third kappa shape index (κ3) is 7.03. The van der Waals surface area contributed by atoms with Crippen molar-refractivity contribution in [2.24, 2.45) is 7.05 Å². The topological polar surface area (TPSA) is 29.9 Å². The van der Waals surface area contributed by atoms with E-state index in [2.05, 4.69) is 17.3 Å². The van der Waals surface area contributed by atoms with Crippen LogP contribution >= 0.6 is 0 Å². The lowest BCUT2D eigenvalue weighted by Gasteiger charge is -2.03. The summed E-state index contributed by atoms with van der Waals surface area (Å²) in [5.74, 6) is 0. The molecule has 0 aromatic carbocycles. The van der Waals surface area contributed by atoms with Crippen molar-refractivity contribution in [2.75, 3.05) is 11.9 Å². The van der Waals surface area contributed by atoms with Gasteiger partial charge in [0.05, 0.1) is 11.9 Å². The smallest absolute Gasteiger partial charge is 0.0726 e. The molecule has 0 radical (unpaired) electrons. The van der Waals surface area contributed by atoms with Gasteiger partial charge in [-0.2, -0.15) is 5.10 Å². The molecule has 0 amide bonds. The lowest BCUT2D eigenvalue weighted by molar-refractivity contribution is 0.581. The first-order valence-corrected chi connectivity index (χ1v) is 7.05. The molecule has 3 heteroatoms. The highest BCUT2D eigenvalue weighted by atomic mass is 15.3. The predicted molar refractivity (Wildman–Crippen MR) is 74.3 cm³/mol. The summed E-state index contributed by atoms with van der Waals surface area (Å²) in [5, 5.41) is 7.52. The van der Waals surface area contributed by atoms with Crippen LogP contribution in [0.1, 0.15) is 58.3 Å². The molecule has 1 N–H and O–H groups in total. The van der Waals surface area contributed by atoms with E-state index in [0.717, 1.165) is 12.2 Å². The fourth-order valence-corrected chi connectivity index (χ4v) is 2.00. The van der Waals surface area contributed by atoms with E-state index in [-0.39, 0.29) is 0 Å². The summed E-state index contributed by atoms with van der Waals surface area (Å²) < 4.78 is 1.83. The molecule has 1 aromatic rings. The molecule has 0 fully saturated rings. The fourth-order valence-electron chi connectivity index (χ4n) is 2.00. The van der Waals surface area contributed by atoms with Crippen LogP contribution < -0.4 is 5.32 Å². The van der Waals surface area contributed by atoms with Gasteiger partial charge in [-0.1, -0.05) is 51.9 Å². The number of aryl methyl sites for hydroxylation is 1. The Balaban J connectivity index is 1.84. The molecule has 1 heterocycles. The SMILES string of the molecule is CCCCCCCCCCNc1cnn(C)c1. The summed E-state index contributed by atoms with van der Waals surface area (Å²) >= 11 is 0. The second kappa shape index (κ2) is 9.08. The van der Waals surface area contributed by atoms with Crippen molar-refractivity contribution in [1.82, 2.24) is 9.78 Å². The first-order chi connectivity index (χ1) is 8.33. The number of anilines is 1. The van der Waals surface area contributed by atoms with E-state index in [1.54, 1.807) is 0 Å². The highest BCUT2D eigenvalue weighted by molar-refractivity contribution is 5.37. The maximum Gasteiger partial charge on any atom is 0.0726 e. The van der Waals surface area contributed by atoms with Crippen LogP contribution in [0.2, 0.25) is 0 Å². The lowest BCUT2D eigenvalue weighted by Crippen LogP contribution is -2.00. The number of unbranched alkanes of at least 4 members (excludes halogenated alkanes) is 7. The molecule has 0 bridgehead atoms. The van der Waals surface area contributed by atoms with Gasteiger partial charge in [0, 0.05) is 19.8 Å². The molecule has 0 aliphatic heterocycles. The van der Waals surface area contributed by atoms with Gasteiger partial charge in [-0.25, -0.2) is 0 Å². The van der Waals surface area contributed by atoms with Gasteiger partial charge < -0.3 is 5.32 Å². The lowest BCUT2D eigenvalue weighted by atomic mass is 10.1. The first kappa shape index (κ1) is 14.1. The van der Waals surface area contributed by atoms with Crippen molar-refractivity contribution in [3.63, 3.8) is 0 Å². The highest BCUT2D eigenvalue weighted by Gasteiger charge is 1.94. The van der Waals surface area contributed by atoms with E-state index in [4.69, 9.17) is 0 Å².